The lowest BCUT2D eigenvalue weighted by Gasteiger charge is -2.04. The molecule has 0 atom stereocenters. The Morgan fingerprint density at radius 1 is 1.50 bits per heavy atom. The topological polar surface area (TPSA) is 107 Å². The lowest BCUT2D eigenvalue weighted by atomic mass is 10.2. The lowest BCUT2D eigenvalue weighted by Crippen LogP contribution is -2.24. The highest BCUT2D eigenvalue weighted by molar-refractivity contribution is 5.74. The first kappa shape index (κ1) is 12.1. The van der Waals surface area contributed by atoms with Crippen molar-refractivity contribution in [2.24, 2.45) is 5.73 Å². The zero-order chi connectivity index (χ0) is 12.0. The van der Waals surface area contributed by atoms with Crippen LogP contribution in [0.4, 0.5) is 5.69 Å². The second-order valence-electron chi connectivity index (χ2n) is 2.96. The van der Waals surface area contributed by atoms with Gasteiger partial charge >= 0.3 is 0 Å². The van der Waals surface area contributed by atoms with Crippen molar-refractivity contribution in [1.82, 2.24) is 5.48 Å². The van der Waals surface area contributed by atoms with Crippen LogP contribution in [0.25, 0.3) is 0 Å². The highest BCUT2D eigenvalue weighted by atomic mass is 16.6. The van der Waals surface area contributed by atoms with Crippen LogP contribution in [0, 0.1) is 10.1 Å². The number of nitrogens with zero attached hydrogens (tertiary/aromatic N) is 1. The van der Waals surface area contributed by atoms with Crippen LogP contribution in [0.15, 0.2) is 24.3 Å². The molecule has 0 heterocycles. The van der Waals surface area contributed by atoms with Crippen molar-refractivity contribution in [3.8, 4) is 0 Å². The molecule has 0 aliphatic carbocycles. The Hall–Kier alpha value is -1.99. The summed E-state index contributed by atoms with van der Waals surface area (Å²) in [6.07, 6.45) is 0. The highest BCUT2D eigenvalue weighted by Crippen LogP contribution is 2.16. The number of benzene rings is 1. The fraction of sp³-hybridized carbons (Fsp3) is 0.222. The summed E-state index contributed by atoms with van der Waals surface area (Å²) in [6, 6.07) is 6.24. The van der Waals surface area contributed by atoms with Crippen molar-refractivity contribution in [1.29, 1.82) is 0 Å². The van der Waals surface area contributed by atoms with E-state index in [1.54, 1.807) is 18.2 Å². The molecule has 86 valence electrons. The van der Waals surface area contributed by atoms with Crippen molar-refractivity contribution < 1.29 is 14.6 Å². The number of carbonyl (C=O) groups excluding carboxylic acids is 1. The molecule has 3 N–H and O–H groups in total. The zero-order valence-electron chi connectivity index (χ0n) is 8.38. The Kier molecular flexibility index (Phi) is 4.37. The summed E-state index contributed by atoms with van der Waals surface area (Å²) in [7, 11) is 0. The highest BCUT2D eigenvalue weighted by Gasteiger charge is 2.11. The minimum Gasteiger partial charge on any atom is -0.368 e. The van der Waals surface area contributed by atoms with Crippen LogP contribution in [0.2, 0.25) is 0 Å². The summed E-state index contributed by atoms with van der Waals surface area (Å²) in [5.41, 5.74) is 7.73. The van der Waals surface area contributed by atoms with Gasteiger partial charge in [-0.2, -0.15) is 5.48 Å². The van der Waals surface area contributed by atoms with E-state index in [2.05, 4.69) is 10.3 Å². The second-order valence-corrected chi connectivity index (χ2v) is 2.96. The van der Waals surface area contributed by atoms with Gasteiger partial charge in [0, 0.05) is 11.6 Å². The maximum absolute atomic E-state index is 10.6. The van der Waals surface area contributed by atoms with Gasteiger partial charge in [0.05, 0.1) is 11.5 Å². The fourth-order valence-corrected chi connectivity index (χ4v) is 1.09. The number of carbonyl (C=O) groups is 1. The van der Waals surface area contributed by atoms with Gasteiger partial charge in [-0.1, -0.05) is 18.2 Å². The maximum atomic E-state index is 10.6. The van der Waals surface area contributed by atoms with Gasteiger partial charge in [0.15, 0.2) is 0 Å². The zero-order valence-corrected chi connectivity index (χ0v) is 8.38. The first-order valence-electron chi connectivity index (χ1n) is 4.46. The molecule has 1 amide bonds. The van der Waals surface area contributed by atoms with E-state index >= 15 is 0 Å². The van der Waals surface area contributed by atoms with Gasteiger partial charge in [0.2, 0.25) is 5.91 Å². The van der Waals surface area contributed by atoms with Gasteiger partial charge in [-0.05, 0) is 0 Å². The SMILES string of the molecule is NC(=O)CONCc1ccccc1[N+](=O)[O-]. The van der Waals surface area contributed by atoms with E-state index < -0.39 is 10.8 Å². The predicted molar refractivity (Wildman–Crippen MR) is 55.1 cm³/mol. The number of primary amides is 1. The molecule has 0 saturated heterocycles. The van der Waals surface area contributed by atoms with Gasteiger partial charge in [-0.15, -0.1) is 0 Å². The molecule has 0 aliphatic rings. The smallest absolute Gasteiger partial charge is 0.273 e. The van der Waals surface area contributed by atoms with Crippen LogP contribution >= 0.6 is 0 Å². The van der Waals surface area contributed by atoms with Gasteiger partial charge in [0.1, 0.15) is 6.61 Å². The molecule has 0 spiro atoms. The average Bonchev–Trinajstić information content (AvgIpc) is 2.24. The number of rotatable bonds is 6. The average molecular weight is 225 g/mol. The molecule has 0 fully saturated rings. The van der Waals surface area contributed by atoms with Crippen LogP contribution in [-0.2, 0) is 16.2 Å². The molecule has 0 bridgehead atoms. The van der Waals surface area contributed by atoms with Gasteiger partial charge < -0.3 is 5.73 Å². The molecule has 0 saturated carbocycles. The van der Waals surface area contributed by atoms with E-state index in [1.165, 1.54) is 6.07 Å². The van der Waals surface area contributed by atoms with Crippen LogP contribution in [0.5, 0.6) is 0 Å². The first-order valence-corrected chi connectivity index (χ1v) is 4.46. The van der Waals surface area contributed by atoms with Crippen molar-refractivity contribution in [3.05, 3.63) is 39.9 Å². The third-order valence-electron chi connectivity index (χ3n) is 1.77. The van der Waals surface area contributed by atoms with E-state index in [0.717, 1.165) is 0 Å². The summed E-state index contributed by atoms with van der Waals surface area (Å²) >= 11 is 0. The lowest BCUT2D eigenvalue weighted by molar-refractivity contribution is -0.385. The number of para-hydroxylation sites is 1. The monoisotopic (exact) mass is 225 g/mol. The van der Waals surface area contributed by atoms with Crippen LogP contribution in [-0.4, -0.2) is 17.4 Å². The minimum atomic E-state index is -0.616. The fourth-order valence-electron chi connectivity index (χ4n) is 1.09. The number of hydrogen-bond donors (Lipinski definition) is 2. The van der Waals surface area contributed by atoms with Crippen molar-refractivity contribution in [2.75, 3.05) is 6.61 Å². The summed E-state index contributed by atoms with van der Waals surface area (Å²) in [5.74, 6) is -0.616. The Morgan fingerprint density at radius 3 is 2.81 bits per heavy atom. The number of nitro benzene ring substituents is 1. The Labute approximate surface area is 91.3 Å². The molecule has 1 rings (SSSR count). The van der Waals surface area contributed by atoms with Gasteiger partial charge in [-0.25, -0.2) is 0 Å². The molecule has 7 heteroatoms. The number of nitrogens with one attached hydrogen (secondary N) is 1. The number of hydrogen-bond acceptors (Lipinski definition) is 5. The summed E-state index contributed by atoms with van der Waals surface area (Å²) in [4.78, 5) is 25.2. The molecule has 0 aromatic heterocycles. The molecular weight excluding hydrogens is 214 g/mol. The Morgan fingerprint density at radius 2 is 2.19 bits per heavy atom. The largest absolute Gasteiger partial charge is 0.368 e. The van der Waals surface area contributed by atoms with Crippen LogP contribution in [0.1, 0.15) is 5.56 Å². The molecule has 1 aromatic carbocycles. The third-order valence-corrected chi connectivity index (χ3v) is 1.77. The van der Waals surface area contributed by atoms with Crippen LogP contribution in [0.3, 0.4) is 0 Å². The first-order chi connectivity index (χ1) is 7.61. The quantitative estimate of drug-likeness (QED) is 0.405. The predicted octanol–water partition coefficient (Wildman–Crippen LogP) is 0.101. The molecule has 1 aromatic rings. The molecular formula is C9H11N3O4. The van der Waals surface area contributed by atoms with Crippen molar-refractivity contribution in [2.45, 2.75) is 6.54 Å². The Balaban J connectivity index is 2.53. The molecule has 0 radical (unpaired) electrons. The standard InChI is InChI=1S/C9H11N3O4/c10-9(13)6-16-11-5-7-3-1-2-4-8(7)12(14)15/h1-4,11H,5-6H2,(H2,10,13). The van der Waals surface area contributed by atoms with E-state index in [-0.39, 0.29) is 18.8 Å². The molecule has 16 heavy (non-hydrogen) atoms. The summed E-state index contributed by atoms with van der Waals surface area (Å²) in [6.45, 7) is -0.148. The second kappa shape index (κ2) is 5.79. The van der Waals surface area contributed by atoms with Gasteiger partial charge in [0.25, 0.3) is 5.69 Å². The van der Waals surface area contributed by atoms with Gasteiger partial charge in [-0.3, -0.25) is 19.7 Å². The van der Waals surface area contributed by atoms with Crippen molar-refractivity contribution in [3.63, 3.8) is 0 Å². The minimum absolute atomic E-state index is 0.00215. The molecule has 0 aliphatic heterocycles. The normalized spacial score (nSPS) is 10.0. The van der Waals surface area contributed by atoms with E-state index in [0.29, 0.717) is 5.56 Å². The van der Waals surface area contributed by atoms with Crippen molar-refractivity contribution >= 4 is 11.6 Å². The maximum Gasteiger partial charge on any atom is 0.273 e. The van der Waals surface area contributed by atoms with E-state index in [9.17, 15) is 14.9 Å². The third kappa shape index (κ3) is 3.64. The number of nitro groups is 1. The Bertz CT molecular complexity index is 394. The number of hydroxylamine groups is 1. The summed E-state index contributed by atoms with van der Waals surface area (Å²) in [5, 5.41) is 10.6. The molecule has 7 nitrogen and oxygen atoms in total. The number of amides is 1. The summed E-state index contributed by atoms with van der Waals surface area (Å²) < 4.78 is 0. The van der Waals surface area contributed by atoms with E-state index in [4.69, 9.17) is 5.73 Å². The van der Waals surface area contributed by atoms with E-state index in [1.807, 2.05) is 0 Å². The van der Waals surface area contributed by atoms with Crippen LogP contribution < -0.4 is 11.2 Å². The molecule has 0 unspecified atom stereocenters. The number of nitrogens with two attached hydrogens (primary N) is 1.